The molecule has 1 atom stereocenters. The van der Waals surface area contributed by atoms with Crippen molar-refractivity contribution in [3.05, 3.63) is 29.8 Å². The fourth-order valence-electron chi connectivity index (χ4n) is 4.19. The van der Waals surface area contributed by atoms with E-state index in [1.54, 1.807) is 25.3 Å². The Hall–Kier alpha value is -2.08. The molecule has 1 unspecified atom stereocenters. The van der Waals surface area contributed by atoms with E-state index in [2.05, 4.69) is 10.6 Å². The average Bonchev–Trinajstić information content (AvgIpc) is 3.13. The Morgan fingerprint density at radius 3 is 2.48 bits per heavy atom. The Morgan fingerprint density at radius 1 is 1.19 bits per heavy atom. The number of benzene rings is 1. The van der Waals surface area contributed by atoms with Gasteiger partial charge in [-0.05, 0) is 49.3 Å². The van der Waals surface area contributed by atoms with E-state index in [1.807, 2.05) is 24.8 Å². The fourth-order valence-corrected chi connectivity index (χ4v) is 4.19. The summed E-state index contributed by atoms with van der Waals surface area (Å²) in [6.07, 6.45) is 3.28. The van der Waals surface area contributed by atoms with Crippen molar-refractivity contribution >= 4 is 11.8 Å². The van der Waals surface area contributed by atoms with E-state index in [0.29, 0.717) is 16.7 Å². The molecule has 6 nitrogen and oxygen atoms in total. The zero-order chi connectivity index (χ0) is 19.4. The van der Waals surface area contributed by atoms with Gasteiger partial charge in [-0.2, -0.15) is 0 Å². The Kier molecular flexibility index (Phi) is 6.05. The largest absolute Gasteiger partial charge is 0.496 e. The van der Waals surface area contributed by atoms with Crippen LogP contribution in [0.15, 0.2) is 24.3 Å². The highest BCUT2D eigenvalue weighted by Gasteiger charge is 2.39. The second kappa shape index (κ2) is 8.30. The Labute approximate surface area is 161 Å². The summed E-state index contributed by atoms with van der Waals surface area (Å²) in [5.41, 5.74) is 0.818. The van der Waals surface area contributed by atoms with Gasteiger partial charge in [0.2, 0.25) is 5.91 Å². The van der Waals surface area contributed by atoms with Crippen molar-refractivity contribution in [3.63, 3.8) is 0 Å². The molecule has 2 aliphatic rings. The molecule has 2 amide bonds. The number of methoxy groups -OCH3 is 1. The summed E-state index contributed by atoms with van der Waals surface area (Å²) in [5, 5.41) is 6.39. The minimum absolute atomic E-state index is 0.0141. The molecule has 6 heteroatoms. The molecular weight excluding hydrogens is 342 g/mol. The highest BCUT2D eigenvalue weighted by atomic mass is 16.5. The maximum Gasteiger partial charge on any atom is 0.255 e. The van der Waals surface area contributed by atoms with E-state index in [1.165, 1.54) is 6.42 Å². The van der Waals surface area contributed by atoms with Crippen molar-refractivity contribution in [1.82, 2.24) is 15.5 Å². The normalized spacial score (nSPS) is 19.9. The van der Waals surface area contributed by atoms with Crippen molar-refractivity contribution in [1.29, 1.82) is 0 Å². The van der Waals surface area contributed by atoms with Gasteiger partial charge < -0.3 is 20.3 Å². The van der Waals surface area contributed by atoms with Crippen LogP contribution in [0.2, 0.25) is 0 Å². The van der Waals surface area contributed by atoms with E-state index in [-0.39, 0.29) is 17.7 Å². The molecule has 2 aliphatic heterocycles. The van der Waals surface area contributed by atoms with Gasteiger partial charge in [-0.25, -0.2) is 0 Å². The third-order valence-corrected chi connectivity index (χ3v) is 6.04. The molecule has 2 heterocycles. The zero-order valence-corrected chi connectivity index (χ0v) is 16.6. The lowest BCUT2D eigenvalue weighted by atomic mass is 9.77. The minimum atomic E-state index is -0.529. The van der Waals surface area contributed by atoms with Gasteiger partial charge in [-0.15, -0.1) is 0 Å². The van der Waals surface area contributed by atoms with Crippen LogP contribution in [0.5, 0.6) is 5.75 Å². The van der Waals surface area contributed by atoms with Crippen LogP contribution >= 0.6 is 0 Å². The molecular formula is C21H31N3O3. The number of hydrogen-bond donors (Lipinski definition) is 2. The van der Waals surface area contributed by atoms with Crippen LogP contribution in [0.3, 0.4) is 0 Å². The molecule has 1 aromatic rings. The summed E-state index contributed by atoms with van der Waals surface area (Å²) in [7, 11) is 1.54. The first-order valence-electron chi connectivity index (χ1n) is 9.89. The molecule has 0 aliphatic carbocycles. The van der Waals surface area contributed by atoms with E-state index in [4.69, 9.17) is 4.74 Å². The first kappa shape index (κ1) is 19.7. The molecule has 2 N–H and O–H groups in total. The van der Waals surface area contributed by atoms with Crippen LogP contribution in [0.1, 0.15) is 43.5 Å². The summed E-state index contributed by atoms with van der Waals surface area (Å²) in [6, 6.07) is 6.55. The number of piperidine rings is 1. The smallest absolute Gasteiger partial charge is 0.255 e. The van der Waals surface area contributed by atoms with Crippen molar-refractivity contribution in [2.24, 2.45) is 11.3 Å². The number of rotatable bonds is 5. The van der Waals surface area contributed by atoms with Gasteiger partial charge in [-0.1, -0.05) is 26.0 Å². The van der Waals surface area contributed by atoms with Gasteiger partial charge in [0, 0.05) is 19.6 Å². The average molecular weight is 373 g/mol. The third-order valence-electron chi connectivity index (χ3n) is 6.04. The quantitative estimate of drug-likeness (QED) is 0.829. The fraction of sp³-hybridized carbons (Fsp3) is 0.619. The van der Waals surface area contributed by atoms with Crippen molar-refractivity contribution in [3.8, 4) is 5.75 Å². The number of carbonyl (C=O) groups is 2. The van der Waals surface area contributed by atoms with Crippen molar-refractivity contribution < 1.29 is 14.3 Å². The number of nitrogens with one attached hydrogen (secondary N) is 2. The Bertz CT molecular complexity index is 673. The maximum absolute atomic E-state index is 13.1. The monoisotopic (exact) mass is 373 g/mol. The predicted octanol–water partition coefficient (Wildman–Crippen LogP) is 2.05. The molecule has 3 rings (SSSR count). The standard InChI is InChI=1S/C21H31N3O3/c1-15(2)18(23-19(25)16-6-4-5-7-17(16)27-3)20(26)24-12-9-21(10-13-24)8-11-22-14-21/h4-7,15,18,22H,8-14H2,1-3H3,(H,23,25). The summed E-state index contributed by atoms with van der Waals surface area (Å²) in [4.78, 5) is 27.8. The van der Waals surface area contributed by atoms with Crippen LogP contribution in [0.4, 0.5) is 0 Å². The van der Waals surface area contributed by atoms with Gasteiger partial charge in [0.1, 0.15) is 11.8 Å². The lowest BCUT2D eigenvalue weighted by molar-refractivity contribution is -0.136. The highest BCUT2D eigenvalue weighted by Crippen LogP contribution is 2.37. The maximum atomic E-state index is 13.1. The van der Waals surface area contributed by atoms with E-state index in [0.717, 1.165) is 39.0 Å². The molecule has 1 spiro atoms. The number of hydrogen-bond acceptors (Lipinski definition) is 4. The molecule has 0 bridgehead atoms. The first-order chi connectivity index (χ1) is 13.0. The molecule has 2 fully saturated rings. The second-order valence-corrected chi connectivity index (χ2v) is 8.15. The molecule has 1 aromatic carbocycles. The minimum Gasteiger partial charge on any atom is -0.496 e. The van der Waals surface area contributed by atoms with Crippen molar-refractivity contribution in [2.45, 2.75) is 39.2 Å². The van der Waals surface area contributed by atoms with Gasteiger partial charge in [0.05, 0.1) is 12.7 Å². The van der Waals surface area contributed by atoms with Crippen LogP contribution in [0.25, 0.3) is 0 Å². The third kappa shape index (κ3) is 4.26. The van der Waals surface area contributed by atoms with Crippen LogP contribution in [0, 0.1) is 11.3 Å². The SMILES string of the molecule is COc1ccccc1C(=O)NC(C(=O)N1CCC2(CCNC2)CC1)C(C)C. The molecule has 0 aromatic heterocycles. The lowest BCUT2D eigenvalue weighted by Gasteiger charge is -2.40. The number of ether oxygens (including phenoxy) is 1. The van der Waals surface area contributed by atoms with Crippen LogP contribution in [-0.2, 0) is 4.79 Å². The van der Waals surface area contributed by atoms with Crippen LogP contribution in [-0.4, -0.2) is 56.0 Å². The second-order valence-electron chi connectivity index (χ2n) is 8.15. The summed E-state index contributed by atoms with van der Waals surface area (Å²) >= 11 is 0. The predicted molar refractivity (Wildman–Crippen MR) is 105 cm³/mol. The summed E-state index contributed by atoms with van der Waals surface area (Å²) < 4.78 is 5.28. The van der Waals surface area contributed by atoms with Crippen LogP contribution < -0.4 is 15.4 Å². The molecule has 0 saturated carbocycles. The number of para-hydroxylation sites is 1. The van der Waals surface area contributed by atoms with E-state index < -0.39 is 6.04 Å². The Morgan fingerprint density at radius 2 is 1.89 bits per heavy atom. The highest BCUT2D eigenvalue weighted by molar-refractivity contribution is 5.99. The van der Waals surface area contributed by atoms with Gasteiger partial charge in [0.25, 0.3) is 5.91 Å². The van der Waals surface area contributed by atoms with Crippen molar-refractivity contribution in [2.75, 3.05) is 33.3 Å². The molecule has 148 valence electrons. The topological polar surface area (TPSA) is 70.7 Å². The Balaban J connectivity index is 1.66. The number of likely N-dealkylation sites (tertiary alicyclic amines) is 1. The summed E-state index contributed by atoms with van der Waals surface area (Å²) in [5.74, 6) is 0.279. The number of carbonyl (C=O) groups excluding carboxylic acids is 2. The number of nitrogens with zero attached hydrogens (tertiary/aromatic N) is 1. The first-order valence-corrected chi connectivity index (χ1v) is 9.89. The summed E-state index contributed by atoms with van der Waals surface area (Å²) in [6.45, 7) is 7.63. The van der Waals surface area contributed by atoms with E-state index >= 15 is 0 Å². The van der Waals surface area contributed by atoms with Gasteiger partial charge in [-0.3, -0.25) is 9.59 Å². The molecule has 27 heavy (non-hydrogen) atoms. The molecule has 0 radical (unpaired) electrons. The van der Waals surface area contributed by atoms with E-state index in [9.17, 15) is 9.59 Å². The molecule has 2 saturated heterocycles. The van der Waals surface area contributed by atoms with Gasteiger partial charge >= 0.3 is 0 Å². The lowest BCUT2D eigenvalue weighted by Crippen LogP contribution is -2.54. The zero-order valence-electron chi connectivity index (χ0n) is 16.6. The van der Waals surface area contributed by atoms with Gasteiger partial charge in [0.15, 0.2) is 0 Å². The number of amides is 2.